The molecule has 0 aliphatic heterocycles. The van der Waals surface area contributed by atoms with E-state index in [2.05, 4.69) is 40.0 Å². The largest absolute Gasteiger partial charge is 1.00 e. The SMILES string of the molecule is CC(C[NH+](C)C)N(C)C.[Br-]. The number of nitrogens with one attached hydrogen (secondary N) is 1. The zero-order valence-corrected chi connectivity index (χ0v) is 9.20. The predicted molar refractivity (Wildman–Crippen MR) is 40.8 cm³/mol. The van der Waals surface area contributed by atoms with Gasteiger partial charge in [0.25, 0.3) is 0 Å². The summed E-state index contributed by atoms with van der Waals surface area (Å²) in [5.74, 6) is 0. The van der Waals surface area contributed by atoms with Crippen LogP contribution < -0.4 is 21.9 Å². The Balaban J connectivity index is 0. The Bertz CT molecular complexity index is 74.0. The van der Waals surface area contributed by atoms with E-state index < -0.39 is 0 Å². The van der Waals surface area contributed by atoms with Crippen molar-refractivity contribution in [1.82, 2.24) is 4.90 Å². The Kier molecular flexibility index (Phi) is 7.99. The maximum Gasteiger partial charge on any atom is 0.0921 e. The molecule has 0 aromatic heterocycles. The summed E-state index contributed by atoms with van der Waals surface area (Å²) in [6.45, 7) is 3.46. The Morgan fingerprint density at radius 2 is 1.70 bits per heavy atom. The number of hydrogen-bond donors (Lipinski definition) is 1. The summed E-state index contributed by atoms with van der Waals surface area (Å²) in [5.41, 5.74) is 0. The number of likely N-dealkylation sites (N-methyl/N-ethyl adjacent to an activating group) is 2. The van der Waals surface area contributed by atoms with Gasteiger partial charge in [0.1, 0.15) is 0 Å². The lowest BCUT2D eigenvalue weighted by Gasteiger charge is -2.20. The minimum absolute atomic E-state index is 0. The van der Waals surface area contributed by atoms with Crippen molar-refractivity contribution in [2.24, 2.45) is 0 Å². The van der Waals surface area contributed by atoms with Crippen LogP contribution in [-0.2, 0) is 0 Å². The van der Waals surface area contributed by atoms with E-state index in [0.717, 1.165) is 0 Å². The van der Waals surface area contributed by atoms with Gasteiger partial charge in [0.15, 0.2) is 0 Å². The second kappa shape index (κ2) is 6.13. The zero-order chi connectivity index (χ0) is 7.44. The first-order valence-electron chi connectivity index (χ1n) is 3.49. The molecule has 10 heavy (non-hydrogen) atoms. The molecule has 0 saturated carbocycles. The topological polar surface area (TPSA) is 7.68 Å². The van der Waals surface area contributed by atoms with Gasteiger partial charge in [0.2, 0.25) is 0 Å². The monoisotopic (exact) mass is 210 g/mol. The Labute approximate surface area is 75.0 Å². The highest BCUT2D eigenvalue weighted by atomic mass is 79.9. The number of quaternary nitrogens is 1. The van der Waals surface area contributed by atoms with E-state index in [9.17, 15) is 0 Å². The Morgan fingerprint density at radius 1 is 1.30 bits per heavy atom. The van der Waals surface area contributed by atoms with Crippen LogP contribution >= 0.6 is 0 Å². The van der Waals surface area contributed by atoms with Crippen molar-refractivity contribution in [2.45, 2.75) is 13.0 Å². The average Bonchev–Trinajstić information content (AvgIpc) is 1.63. The van der Waals surface area contributed by atoms with Crippen LogP contribution in [0.15, 0.2) is 0 Å². The second-order valence-corrected chi connectivity index (χ2v) is 3.22. The molecule has 0 spiro atoms. The lowest BCUT2D eigenvalue weighted by Crippen LogP contribution is -3.07. The minimum atomic E-state index is 0. The van der Waals surface area contributed by atoms with Gasteiger partial charge in [-0.15, -0.1) is 0 Å². The van der Waals surface area contributed by atoms with Crippen molar-refractivity contribution >= 4 is 0 Å². The lowest BCUT2D eigenvalue weighted by molar-refractivity contribution is -0.860. The number of hydrogen-bond acceptors (Lipinski definition) is 1. The maximum atomic E-state index is 2.24. The van der Waals surface area contributed by atoms with E-state index in [1.54, 1.807) is 0 Å². The van der Waals surface area contributed by atoms with E-state index >= 15 is 0 Å². The summed E-state index contributed by atoms with van der Waals surface area (Å²) in [4.78, 5) is 3.75. The number of nitrogens with zero attached hydrogens (tertiary/aromatic N) is 1. The molecule has 3 heteroatoms. The number of halogens is 1. The fraction of sp³-hybridized carbons (Fsp3) is 1.00. The molecular formula is C7H19BrN2. The van der Waals surface area contributed by atoms with Crippen molar-refractivity contribution in [3.63, 3.8) is 0 Å². The Morgan fingerprint density at radius 3 is 1.80 bits per heavy atom. The third-order valence-corrected chi connectivity index (χ3v) is 1.59. The molecule has 0 amide bonds. The van der Waals surface area contributed by atoms with Crippen LogP contribution in [0.2, 0.25) is 0 Å². The van der Waals surface area contributed by atoms with Crippen molar-refractivity contribution in [1.29, 1.82) is 0 Å². The van der Waals surface area contributed by atoms with Gasteiger partial charge >= 0.3 is 0 Å². The quantitative estimate of drug-likeness (QED) is 0.501. The molecule has 0 rings (SSSR count). The van der Waals surface area contributed by atoms with Crippen LogP contribution in [-0.4, -0.2) is 45.7 Å². The fourth-order valence-corrected chi connectivity index (χ4v) is 0.773. The lowest BCUT2D eigenvalue weighted by atomic mass is 10.3. The molecule has 0 bridgehead atoms. The number of rotatable bonds is 3. The summed E-state index contributed by atoms with van der Waals surface area (Å²) in [6.07, 6.45) is 0. The third-order valence-electron chi connectivity index (χ3n) is 1.59. The molecule has 1 unspecified atom stereocenters. The molecule has 1 atom stereocenters. The highest BCUT2D eigenvalue weighted by molar-refractivity contribution is 4.54. The maximum absolute atomic E-state index is 2.24. The second-order valence-electron chi connectivity index (χ2n) is 3.22. The zero-order valence-electron chi connectivity index (χ0n) is 7.61. The van der Waals surface area contributed by atoms with Crippen LogP contribution in [0.1, 0.15) is 6.92 Å². The van der Waals surface area contributed by atoms with Gasteiger partial charge in [-0.25, -0.2) is 0 Å². The average molecular weight is 211 g/mol. The molecule has 0 aromatic rings. The van der Waals surface area contributed by atoms with Gasteiger partial charge in [0.05, 0.1) is 26.7 Å². The molecule has 0 aliphatic rings. The summed E-state index contributed by atoms with van der Waals surface area (Å²) in [5, 5.41) is 0. The van der Waals surface area contributed by atoms with Crippen molar-refractivity contribution in [2.75, 3.05) is 34.7 Å². The van der Waals surface area contributed by atoms with E-state index in [4.69, 9.17) is 0 Å². The minimum Gasteiger partial charge on any atom is -1.00 e. The summed E-state index contributed by atoms with van der Waals surface area (Å²) >= 11 is 0. The van der Waals surface area contributed by atoms with Gasteiger partial charge in [-0.1, -0.05) is 0 Å². The van der Waals surface area contributed by atoms with Crippen LogP contribution in [0.5, 0.6) is 0 Å². The molecule has 0 heterocycles. The van der Waals surface area contributed by atoms with Gasteiger partial charge in [-0.3, -0.25) is 0 Å². The van der Waals surface area contributed by atoms with Crippen LogP contribution in [0.4, 0.5) is 0 Å². The first-order valence-corrected chi connectivity index (χ1v) is 3.49. The van der Waals surface area contributed by atoms with Crippen molar-refractivity contribution < 1.29 is 21.9 Å². The molecule has 0 aromatic carbocycles. The fourth-order valence-electron chi connectivity index (χ4n) is 0.773. The molecule has 0 radical (unpaired) electrons. The van der Waals surface area contributed by atoms with Crippen molar-refractivity contribution in [3.05, 3.63) is 0 Å². The standard InChI is InChI=1S/C7H18N2.BrH/c1-7(9(4)5)6-8(2)3;/h7H,6H2,1-5H3;1H. The van der Waals surface area contributed by atoms with Gasteiger partial charge in [-0.05, 0) is 21.0 Å². The summed E-state index contributed by atoms with van der Waals surface area (Å²) in [7, 11) is 8.60. The van der Waals surface area contributed by atoms with Gasteiger partial charge < -0.3 is 26.8 Å². The molecule has 2 nitrogen and oxygen atoms in total. The predicted octanol–water partition coefficient (Wildman–Crippen LogP) is -3.91. The molecular weight excluding hydrogens is 192 g/mol. The Hall–Kier alpha value is 0.400. The van der Waals surface area contributed by atoms with Crippen molar-refractivity contribution in [3.8, 4) is 0 Å². The first-order chi connectivity index (χ1) is 4.04. The first kappa shape index (κ1) is 13.0. The molecule has 1 N–H and O–H groups in total. The van der Waals surface area contributed by atoms with E-state index in [1.165, 1.54) is 11.4 Å². The normalized spacial score (nSPS) is 13.5. The molecule has 64 valence electrons. The van der Waals surface area contributed by atoms with Gasteiger partial charge in [0, 0.05) is 0 Å². The third kappa shape index (κ3) is 6.52. The van der Waals surface area contributed by atoms with E-state index in [1.807, 2.05) is 0 Å². The highest BCUT2D eigenvalue weighted by Crippen LogP contribution is 1.84. The van der Waals surface area contributed by atoms with Gasteiger partial charge in [-0.2, -0.15) is 0 Å². The summed E-state index contributed by atoms with van der Waals surface area (Å²) in [6, 6.07) is 0.690. The molecule has 0 aliphatic carbocycles. The van der Waals surface area contributed by atoms with Crippen LogP contribution in [0, 0.1) is 0 Å². The highest BCUT2D eigenvalue weighted by Gasteiger charge is 2.06. The van der Waals surface area contributed by atoms with Crippen LogP contribution in [0.3, 0.4) is 0 Å². The van der Waals surface area contributed by atoms with Crippen LogP contribution in [0.25, 0.3) is 0 Å². The van der Waals surface area contributed by atoms with E-state index in [-0.39, 0.29) is 17.0 Å². The molecule has 0 saturated heterocycles. The summed E-state index contributed by atoms with van der Waals surface area (Å²) < 4.78 is 0. The molecule has 0 fully saturated rings. The smallest absolute Gasteiger partial charge is 0.0921 e. The van der Waals surface area contributed by atoms with E-state index in [0.29, 0.717) is 6.04 Å².